The van der Waals surface area contributed by atoms with Crippen LogP contribution in [0.3, 0.4) is 0 Å². The van der Waals surface area contributed by atoms with E-state index < -0.39 is 11.9 Å². The van der Waals surface area contributed by atoms with Gasteiger partial charge in [-0.3, -0.25) is 0 Å². The number of benzene rings is 1. The average molecular weight is 241 g/mol. The van der Waals surface area contributed by atoms with E-state index in [0.717, 1.165) is 6.08 Å². The highest BCUT2D eigenvalue weighted by atomic mass is 35.5. The minimum absolute atomic E-state index is 0.351. The van der Waals surface area contributed by atoms with Crippen molar-refractivity contribution in [2.24, 2.45) is 0 Å². The summed E-state index contributed by atoms with van der Waals surface area (Å²) in [6.45, 7) is 1.73. The van der Waals surface area contributed by atoms with Crippen LogP contribution < -0.4 is 4.74 Å². The molecule has 1 aromatic rings. The van der Waals surface area contributed by atoms with Gasteiger partial charge in [0.05, 0.1) is 0 Å². The van der Waals surface area contributed by atoms with Gasteiger partial charge in [0.15, 0.2) is 0 Å². The molecule has 0 saturated heterocycles. The SMILES string of the molecule is Cc1cc(Cl)ccc1OC(=O)/C=C\C(=O)O. The number of hydrogen-bond acceptors (Lipinski definition) is 3. The van der Waals surface area contributed by atoms with Crippen molar-refractivity contribution in [3.63, 3.8) is 0 Å². The third-order valence-electron chi connectivity index (χ3n) is 1.71. The molecule has 0 aliphatic rings. The molecule has 16 heavy (non-hydrogen) atoms. The van der Waals surface area contributed by atoms with Crippen LogP contribution in [0.5, 0.6) is 5.75 Å². The lowest BCUT2D eigenvalue weighted by atomic mass is 10.2. The van der Waals surface area contributed by atoms with Crippen LogP contribution in [-0.4, -0.2) is 17.0 Å². The van der Waals surface area contributed by atoms with Crippen LogP contribution in [0.4, 0.5) is 0 Å². The molecule has 4 nitrogen and oxygen atoms in total. The molecule has 0 heterocycles. The Bertz CT molecular complexity index is 451. The molecule has 0 spiro atoms. The van der Waals surface area contributed by atoms with Gasteiger partial charge in [-0.1, -0.05) is 11.6 Å². The summed E-state index contributed by atoms with van der Waals surface area (Å²) >= 11 is 5.72. The molecule has 1 aromatic carbocycles. The fourth-order valence-corrected chi connectivity index (χ4v) is 1.24. The molecule has 84 valence electrons. The van der Waals surface area contributed by atoms with Crippen molar-refractivity contribution in [2.45, 2.75) is 6.92 Å². The Hall–Kier alpha value is -1.81. The van der Waals surface area contributed by atoms with Crippen LogP contribution >= 0.6 is 11.6 Å². The number of aryl methyl sites for hydroxylation is 1. The van der Waals surface area contributed by atoms with Crippen LogP contribution in [0.15, 0.2) is 30.4 Å². The fraction of sp³-hybridized carbons (Fsp3) is 0.0909. The zero-order valence-electron chi connectivity index (χ0n) is 8.44. The third-order valence-corrected chi connectivity index (χ3v) is 1.94. The van der Waals surface area contributed by atoms with E-state index in [4.69, 9.17) is 21.4 Å². The van der Waals surface area contributed by atoms with Crippen molar-refractivity contribution < 1.29 is 19.4 Å². The van der Waals surface area contributed by atoms with Gasteiger partial charge in [0.1, 0.15) is 5.75 Å². The van der Waals surface area contributed by atoms with E-state index in [1.165, 1.54) is 0 Å². The smallest absolute Gasteiger partial charge is 0.336 e. The summed E-state index contributed by atoms with van der Waals surface area (Å²) in [6.07, 6.45) is 1.56. The summed E-state index contributed by atoms with van der Waals surface area (Å²) in [6, 6.07) is 4.77. The lowest BCUT2D eigenvalue weighted by Gasteiger charge is -2.04. The normalized spacial score (nSPS) is 10.4. The first-order valence-electron chi connectivity index (χ1n) is 4.38. The van der Waals surface area contributed by atoms with Gasteiger partial charge in [-0.25, -0.2) is 9.59 Å². The lowest BCUT2D eigenvalue weighted by molar-refractivity contribution is -0.133. The molecular weight excluding hydrogens is 232 g/mol. The number of rotatable bonds is 3. The Kier molecular flexibility index (Phi) is 4.08. The molecule has 0 aromatic heterocycles. The van der Waals surface area contributed by atoms with Crippen molar-refractivity contribution >= 4 is 23.5 Å². The fourth-order valence-electron chi connectivity index (χ4n) is 1.01. The number of ether oxygens (including phenoxy) is 1. The Morgan fingerprint density at radius 3 is 2.62 bits per heavy atom. The zero-order chi connectivity index (χ0) is 12.1. The third kappa shape index (κ3) is 3.74. The molecule has 0 atom stereocenters. The van der Waals surface area contributed by atoms with Gasteiger partial charge >= 0.3 is 11.9 Å². The lowest BCUT2D eigenvalue weighted by Crippen LogP contribution is -2.05. The zero-order valence-corrected chi connectivity index (χ0v) is 9.19. The Morgan fingerprint density at radius 1 is 1.38 bits per heavy atom. The van der Waals surface area contributed by atoms with E-state index in [2.05, 4.69) is 0 Å². The second-order valence-corrected chi connectivity index (χ2v) is 3.44. The van der Waals surface area contributed by atoms with Gasteiger partial charge in [-0.15, -0.1) is 0 Å². The van der Waals surface area contributed by atoms with Gasteiger partial charge in [0.2, 0.25) is 0 Å². The highest BCUT2D eigenvalue weighted by molar-refractivity contribution is 6.30. The van der Waals surface area contributed by atoms with Gasteiger partial charge in [-0.05, 0) is 30.7 Å². The second kappa shape index (κ2) is 5.32. The predicted octanol–water partition coefficient (Wildman–Crippen LogP) is 2.19. The molecule has 0 radical (unpaired) electrons. The standard InChI is InChI=1S/C11H9ClO4/c1-7-6-8(12)2-3-9(7)16-11(15)5-4-10(13)14/h2-6H,1H3,(H,13,14)/b5-4-. The maximum atomic E-state index is 11.1. The second-order valence-electron chi connectivity index (χ2n) is 3.00. The van der Waals surface area contributed by atoms with Crippen LogP contribution in [0, 0.1) is 6.92 Å². The van der Waals surface area contributed by atoms with Crippen LogP contribution in [0.2, 0.25) is 5.02 Å². The molecule has 1 N–H and O–H groups in total. The van der Waals surface area contributed by atoms with Crippen molar-refractivity contribution in [2.75, 3.05) is 0 Å². The summed E-state index contributed by atoms with van der Waals surface area (Å²) in [5.74, 6) is -1.60. The van der Waals surface area contributed by atoms with Crippen LogP contribution in [-0.2, 0) is 9.59 Å². The minimum Gasteiger partial charge on any atom is -0.478 e. The molecule has 0 aliphatic heterocycles. The summed E-state index contributed by atoms with van der Waals surface area (Å²) in [7, 11) is 0. The molecule has 1 rings (SSSR count). The first-order valence-corrected chi connectivity index (χ1v) is 4.76. The van der Waals surface area contributed by atoms with Crippen molar-refractivity contribution in [1.82, 2.24) is 0 Å². The van der Waals surface area contributed by atoms with Gasteiger partial charge < -0.3 is 9.84 Å². The molecule has 0 amide bonds. The number of carboxylic acid groups (broad SMARTS) is 1. The summed E-state index contributed by atoms with van der Waals surface area (Å²) in [5, 5.41) is 8.85. The quantitative estimate of drug-likeness (QED) is 0.500. The van der Waals surface area contributed by atoms with E-state index >= 15 is 0 Å². The van der Waals surface area contributed by atoms with E-state index in [0.29, 0.717) is 22.4 Å². The number of aliphatic carboxylic acids is 1. The number of carbonyl (C=O) groups excluding carboxylic acids is 1. The average Bonchev–Trinajstić information content (AvgIpc) is 2.19. The Morgan fingerprint density at radius 2 is 2.06 bits per heavy atom. The largest absolute Gasteiger partial charge is 0.478 e. The minimum atomic E-state index is -1.20. The van der Waals surface area contributed by atoms with Crippen molar-refractivity contribution in [1.29, 1.82) is 0 Å². The number of esters is 1. The van der Waals surface area contributed by atoms with Crippen LogP contribution in [0.1, 0.15) is 5.56 Å². The van der Waals surface area contributed by atoms with Crippen LogP contribution in [0.25, 0.3) is 0 Å². The number of carbonyl (C=O) groups is 2. The summed E-state index contributed by atoms with van der Waals surface area (Å²) in [4.78, 5) is 21.3. The maximum absolute atomic E-state index is 11.1. The van der Waals surface area contributed by atoms with E-state index in [1.54, 1.807) is 25.1 Å². The number of carboxylic acids is 1. The Labute approximate surface area is 97.1 Å². The van der Waals surface area contributed by atoms with Gasteiger partial charge in [-0.2, -0.15) is 0 Å². The number of halogens is 1. The molecule has 5 heteroatoms. The van der Waals surface area contributed by atoms with E-state index in [9.17, 15) is 9.59 Å². The topological polar surface area (TPSA) is 63.6 Å². The maximum Gasteiger partial charge on any atom is 0.336 e. The van der Waals surface area contributed by atoms with Crippen molar-refractivity contribution in [3.8, 4) is 5.75 Å². The molecule has 0 bridgehead atoms. The highest BCUT2D eigenvalue weighted by Gasteiger charge is 2.04. The first-order chi connectivity index (χ1) is 7.49. The van der Waals surface area contributed by atoms with E-state index in [1.807, 2.05) is 0 Å². The predicted molar refractivity (Wildman–Crippen MR) is 58.6 cm³/mol. The number of hydrogen-bond donors (Lipinski definition) is 1. The monoisotopic (exact) mass is 240 g/mol. The summed E-state index contributed by atoms with van der Waals surface area (Å²) < 4.78 is 4.90. The molecule has 0 unspecified atom stereocenters. The first kappa shape index (κ1) is 12.3. The summed E-state index contributed by atoms with van der Waals surface area (Å²) in [5.41, 5.74) is 0.699. The van der Waals surface area contributed by atoms with Gasteiger partial charge in [0, 0.05) is 17.2 Å². The van der Waals surface area contributed by atoms with Crippen molar-refractivity contribution in [3.05, 3.63) is 40.9 Å². The van der Waals surface area contributed by atoms with E-state index in [-0.39, 0.29) is 0 Å². The van der Waals surface area contributed by atoms with Gasteiger partial charge in [0.25, 0.3) is 0 Å². The highest BCUT2D eigenvalue weighted by Crippen LogP contribution is 2.21. The molecule has 0 saturated carbocycles. The Balaban J connectivity index is 2.73. The molecular formula is C11H9ClO4. The molecule has 0 fully saturated rings. The molecule has 0 aliphatic carbocycles.